The van der Waals surface area contributed by atoms with E-state index in [0.29, 0.717) is 5.02 Å². The molecule has 0 aliphatic carbocycles. The zero-order valence-corrected chi connectivity index (χ0v) is 18.9. The van der Waals surface area contributed by atoms with E-state index in [1.807, 2.05) is 42.5 Å². The van der Waals surface area contributed by atoms with Crippen LogP contribution in [0.5, 0.6) is 0 Å². The molecule has 0 aliphatic heterocycles. The third-order valence-electron chi connectivity index (χ3n) is 4.94. The van der Waals surface area contributed by atoms with Crippen molar-refractivity contribution in [2.24, 2.45) is 0 Å². The summed E-state index contributed by atoms with van der Waals surface area (Å²) in [5, 5.41) is 10.6. The number of halogens is 1. The molecule has 0 aliphatic rings. The molecule has 0 saturated carbocycles. The lowest BCUT2D eigenvalue weighted by Crippen LogP contribution is -2.10. The van der Waals surface area contributed by atoms with Crippen LogP contribution in [0.15, 0.2) is 84.0 Å². The van der Waals surface area contributed by atoms with Crippen molar-refractivity contribution in [3.05, 3.63) is 95.0 Å². The molecule has 0 amide bonds. The van der Waals surface area contributed by atoms with Crippen molar-refractivity contribution in [1.82, 2.24) is 14.8 Å². The topological polar surface area (TPSA) is 30.7 Å². The fourth-order valence-corrected chi connectivity index (χ4v) is 4.24. The van der Waals surface area contributed by atoms with Gasteiger partial charge in [-0.05, 0) is 40.8 Å². The van der Waals surface area contributed by atoms with Gasteiger partial charge in [-0.2, -0.15) is 0 Å². The highest BCUT2D eigenvalue weighted by Gasteiger charge is 2.17. The number of benzene rings is 3. The average molecular weight is 434 g/mol. The van der Waals surface area contributed by atoms with Crippen LogP contribution in [-0.4, -0.2) is 14.8 Å². The largest absolute Gasteiger partial charge is 0.270 e. The van der Waals surface area contributed by atoms with Gasteiger partial charge in [-0.3, -0.25) is 4.57 Å². The summed E-state index contributed by atoms with van der Waals surface area (Å²) in [6.45, 7) is 6.70. The monoisotopic (exact) mass is 433 g/mol. The quantitative estimate of drug-likeness (QED) is 0.312. The molecular weight excluding hydrogens is 410 g/mol. The lowest BCUT2D eigenvalue weighted by molar-refractivity contribution is 0.590. The van der Waals surface area contributed by atoms with E-state index in [1.54, 1.807) is 11.8 Å². The zero-order valence-electron chi connectivity index (χ0n) is 17.3. The Balaban J connectivity index is 1.65. The Morgan fingerprint density at radius 1 is 0.833 bits per heavy atom. The summed E-state index contributed by atoms with van der Waals surface area (Å²) in [7, 11) is 0. The van der Waals surface area contributed by atoms with Crippen molar-refractivity contribution in [3.8, 4) is 17.1 Å². The Labute approximate surface area is 187 Å². The molecular formula is C25H24ClN3S. The first-order valence-corrected chi connectivity index (χ1v) is 11.3. The van der Waals surface area contributed by atoms with E-state index in [4.69, 9.17) is 11.6 Å². The molecule has 3 aromatic carbocycles. The molecule has 4 rings (SSSR count). The lowest BCUT2D eigenvalue weighted by Gasteiger charge is -2.19. The maximum atomic E-state index is 6.11. The Hall–Kier alpha value is -2.56. The molecule has 0 spiro atoms. The number of rotatable bonds is 5. The minimum atomic E-state index is 0.158. The van der Waals surface area contributed by atoms with Crippen LogP contribution in [0.25, 0.3) is 17.1 Å². The van der Waals surface area contributed by atoms with Crippen LogP contribution in [0.3, 0.4) is 0 Å². The summed E-state index contributed by atoms with van der Waals surface area (Å²) in [4.78, 5) is 0. The van der Waals surface area contributed by atoms with Crippen LogP contribution < -0.4 is 0 Å². The van der Waals surface area contributed by atoms with Crippen molar-refractivity contribution in [3.63, 3.8) is 0 Å². The summed E-state index contributed by atoms with van der Waals surface area (Å²) in [6, 6.07) is 26.8. The average Bonchev–Trinajstić information content (AvgIpc) is 3.17. The number of hydrogen-bond donors (Lipinski definition) is 0. The Kier molecular flexibility index (Phi) is 5.98. The highest BCUT2D eigenvalue weighted by Crippen LogP contribution is 2.31. The molecule has 1 heterocycles. The van der Waals surface area contributed by atoms with Crippen LogP contribution in [0, 0.1) is 0 Å². The first kappa shape index (κ1) is 20.7. The molecule has 1 aromatic heterocycles. The normalized spacial score (nSPS) is 11.6. The predicted molar refractivity (Wildman–Crippen MR) is 127 cm³/mol. The number of nitrogens with zero attached hydrogens (tertiary/aromatic N) is 3. The molecule has 0 fully saturated rings. The minimum Gasteiger partial charge on any atom is -0.270 e. The van der Waals surface area contributed by atoms with E-state index in [2.05, 4.69) is 71.9 Å². The third kappa shape index (κ3) is 4.61. The van der Waals surface area contributed by atoms with E-state index >= 15 is 0 Å². The second kappa shape index (κ2) is 8.66. The van der Waals surface area contributed by atoms with Crippen molar-refractivity contribution in [1.29, 1.82) is 0 Å². The van der Waals surface area contributed by atoms with Crippen LogP contribution in [0.1, 0.15) is 31.9 Å². The Morgan fingerprint density at radius 3 is 2.13 bits per heavy atom. The van der Waals surface area contributed by atoms with E-state index in [1.165, 1.54) is 11.1 Å². The highest BCUT2D eigenvalue weighted by molar-refractivity contribution is 7.98. The molecule has 0 bridgehead atoms. The Morgan fingerprint density at radius 2 is 1.50 bits per heavy atom. The Bertz CT molecular complexity index is 1110. The second-order valence-corrected chi connectivity index (χ2v) is 9.60. The molecule has 5 heteroatoms. The number of thioether (sulfide) groups is 1. The van der Waals surface area contributed by atoms with Gasteiger partial charge in [-0.25, -0.2) is 0 Å². The van der Waals surface area contributed by atoms with Crippen LogP contribution >= 0.6 is 23.4 Å². The van der Waals surface area contributed by atoms with Gasteiger partial charge >= 0.3 is 0 Å². The number of hydrogen-bond acceptors (Lipinski definition) is 3. The highest BCUT2D eigenvalue weighted by atomic mass is 35.5. The maximum Gasteiger partial charge on any atom is 0.196 e. The van der Waals surface area contributed by atoms with Gasteiger partial charge in [0.1, 0.15) is 0 Å². The molecule has 0 atom stereocenters. The van der Waals surface area contributed by atoms with E-state index in [9.17, 15) is 0 Å². The zero-order chi connectivity index (χ0) is 21.1. The molecule has 30 heavy (non-hydrogen) atoms. The first-order chi connectivity index (χ1) is 14.4. The first-order valence-electron chi connectivity index (χ1n) is 9.91. The van der Waals surface area contributed by atoms with Gasteiger partial charge in [-0.1, -0.05) is 98.7 Å². The van der Waals surface area contributed by atoms with Crippen LogP contribution in [0.4, 0.5) is 0 Å². The maximum absolute atomic E-state index is 6.11. The van der Waals surface area contributed by atoms with Crippen molar-refractivity contribution in [2.75, 3.05) is 0 Å². The molecule has 152 valence electrons. The molecule has 3 nitrogen and oxygen atoms in total. The smallest absolute Gasteiger partial charge is 0.196 e. The standard InChI is InChI=1S/C25H24ClN3S/c1-25(2,3)20-11-9-18(10-12-20)17-30-24-28-27-23(19-7-5-4-6-8-19)29(24)22-15-13-21(26)14-16-22/h4-16H,17H2,1-3H3. The second-order valence-electron chi connectivity index (χ2n) is 8.22. The number of aromatic nitrogens is 3. The molecule has 4 aromatic rings. The summed E-state index contributed by atoms with van der Waals surface area (Å²) in [5.74, 6) is 1.65. The molecule has 0 saturated heterocycles. The fraction of sp³-hybridized carbons (Fsp3) is 0.200. The van der Waals surface area contributed by atoms with Gasteiger partial charge in [0.25, 0.3) is 0 Å². The SMILES string of the molecule is CC(C)(C)c1ccc(CSc2nnc(-c3ccccc3)n2-c2ccc(Cl)cc2)cc1. The van der Waals surface area contributed by atoms with Crippen molar-refractivity contribution in [2.45, 2.75) is 37.1 Å². The molecule has 0 unspecified atom stereocenters. The fourth-order valence-electron chi connectivity index (χ4n) is 3.21. The van der Waals surface area contributed by atoms with Gasteiger partial charge in [0.05, 0.1) is 0 Å². The van der Waals surface area contributed by atoms with Crippen molar-refractivity contribution < 1.29 is 0 Å². The third-order valence-corrected chi connectivity index (χ3v) is 6.19. The summed E-state index contributed by atoms with van der Waals surface area (Å²) < 4.78 is 2.10. The van der Waals surface area contributed by atoms with Crippen LogP contribution in [-0.2, 0) is 11.2 Å². The van der Waals surface area contributed by atoms with Gasteiger partial charge in [0, 0.05) is 22.0 Å². The van der Waals surface area contributed by atoms with E-state index in [0.717, 1.165) is 28.0 Å². The van der Waals surface area contributed by atoms with E-state index in [-0.39, 0.29) is 5.41 Å². The van der Waals surface area contributed by atoms with Gasteiger partial charge in [0.15, 0.2) is 11.0 Å². The summed E-state index contributed by atoms with van der Waals surface area (Å²) >= 11 is 7.79. The predicted octanol–water partition coefficient (Wildman–Crippen LogP) is 7.18. The van der Waals surface area contributed by atoms with E-state index < -0.39 is 0 Å². The van der Waals surface area contributed by atoms with Gasteiger partial charge in [-0.15, -0.1) is 10.2 Å². The van der Waals surface area contributed by atoms with Crippen LogP contribution in [0.2, 0.25) is 5.02 Å². The van der Waals surface area contributed by atoms with Gasteiger partial charge < -0.3 is 0 Å². The summed E-state index contributed by atoms with van der Waals surface area (Å²) in [5.41, 5.74) is 4.78. The van der Waals surface area contributed by atoms with Gasteiger partial charge in [0.2, 0.25) is 0 Å². The lowest BCUT2D eigenvalue weighted by atomic mass is 9.87. The summed E-state index contributed by atoms with van der Waals surface area (Å²) in [6.07, 6.45) is 0. The van der Waals surface area contributed by atoms with Crippen molar-refractivity contribution >= 4 is 23.4 Å². The minimum absolute atomic E-state index is 0.158. The molecule has 0 radical (unpaired) electrons. The molecule has 0 N–H and O–H groups in total.